The van der Waals surface area contributed by atoms with E-state index >= 15 is 0 Å². The highest BCUT2D eigenvalue weighted by molar-refractivity contribution is 5.77. The first-order valence-electron chi connectivity index (χ1n) is 6.55. The summed E-state index contributed by atoms with van der Waals surface area (Å²) in [6.07, 6.45) is 0. The molecule has 1 heterocycles. The fourth-order valence-electron chi connectivity index (χ4n) is 2.62. The summed E-state index contributed by atoms with van der Waals surface area (Å²) < 4.78 is 0. The van der Waals surface area contributed by atoms with E-state index in [4.69, 9.17) is 5.11 Å². The number of aliphatic carboxylic acids is 1. The maximum atomic E-state index is 11.1. The van der Waals surface area contributed by atoms with E-state index in [1.54, 1.807) is 6.92 Å². The Kier molecular flexibility index (Phi) is 3.33. The second kappa shape index (κ2) is 4.63. The van der Waals surface area contributed by atoms with Gasteiger partial charge in [-0.15, -0.1) is 0 Å². The van der Waals surface area contributed by atoms with Gasteiger partial charge in [0.2, 0.25) is 0 Å². The van der Waals surface area contributed by atoms with Crippen molar-refractivity contribution in [3.8, 4) is 0 Å². The number of nitrogens with zero attached hydrogens (tertiary/aromatic N) is 1. The number of carbonyl (C=O) groups is 1. The molecule has 18 heavy (non-hydrogen) atoms. The smallest absolute Gasteiger partial charge is 0.310 e. The molecular formula is C15H21NO2. The van der Waals surface area contributed by atoms with Crippen LogP contribution in [0.5, 0.6) is 0 Å². The Balaban J connectivity index is 2.42. The SMILES string of the molecule is CC1CN(C(C)C)c2cc(C(C)C(=O)O)ccc21. The first-order chi connectivity index (χ1) is 8.41. The van der Waals surface area contributed by atoms with Crippen LogP contribution in [0.25, 0.3) is 0 Å². The standard InChI is InChI=1S/C15H21NO2/c1-9(2)16-8-10(3)13-6-5-12(7-14(13)16)11(4)15(17)18/h5-7,9-11H,8H2,1-4H3,(H,17,18). The lowest BCUT2D eigenvalue weighted by atomic mass is 9.96. The van der Waals surface area contributed by atoms with Crippen LogP contribution in [0, 0.1) is 0 Å². The van der Waals surface area contributed by atoms with Crippen LogP contribution in [0.15, 0.2) is 18.2 Å². The molecule has 1 aromatic carbocycles. The van der Waals surface area contributed by atoms with Crippen LogP contribution in [-0.4, -0.2) is 23.7 Å². The third-order valence-corrected chi connectivity index (χ3v) is 3.86. The predicted octanol–water partition coefficient (Wildman–Crippen LogP) is 3.21. The van der Waals surface area contributed by atoms with Crippen LogP contribution in [0.4, 0.5) is 5.69 Å². The van der Waals surface area contributed by atoms with Crippen LogP contribution < -0.4 is 4.90 Å². The molecule has 0 fully saturated rings. The molecule has 0 amide bonds. The molecule has 2 unspecified atom stereocenters. The molecule has 2 atom stereocenters. The summed E-state index contributed by atoms with van der Waals surface area (Å²) in [5.41, 5.74) is 3.44. The molecule has 0 spiro atoms. The van der Waals surface area contributed by atoms with Crippen molar-refractivity contribution in [3.63, 3.8) is 0 Å². The van der Waals surface area contributed by atoms with Gasteiger partial charge in [0.05, 0.1) is 5.92 Å². The van der Waals surface area contributed by atoms with Crippen LogP contribution in [0.1, 0.15) is 50.7 Å². The Bertz CT molecular complexity index is 468. The molecule has 2 rings (SSSR count). The number of benzene rings is 1. The molecule has 0 bridgehead atoms. The normalized spacial score (nSPS) is 20.1. The highest BCUT2D eigenvalue weighted by Gasteiger charge is 2.28. The largest absolute Gasteiger partial charge is 0.481 e. The number of hydrogen-bond donors (Lipinski definition) is 1. The van der Waals surface area contributed by atoms with Gasteiger partial charge in [-0.25, -0.2) is 0 Å². The van der Waals surface area contributed by atoms with Crippen molar-refractivity contribution in [2.75, 3.05) is 11.4 Å². The minimum atomic E-state index is -0.767. The molecule has 0 aromatic heterocycles. The Morgan fingerprint density at radius 1 is 1.39 bits per heavy atom. The van der Waals surface area contributed by atoms with Crippen LogP contribution in [-0.2, 0) is 4.79 Å². The van der Waals surface area contributed by atoms with Gasteiger partial charge in [-0.2, -0.15) is 0 Å². The van der Waals surface area contributed by atoms with Crippen molar-refractivity contribution in [2.45, 2.75) is 45.6 Å². The molecule has 0 saturated carbocycles. The average Bonchev–Trinajstić information content (AvgIpc) is 2.65. The number of carboxylic acids is 1. The summed E-state index contributed by atoms with van der Waals surface area (Å²) in [4.78, 5) is 13.4. The number of hydrogen-bond acceptors (Lipinski definition) is 2. The summed E-state index contributed by atoms with van der Waals surface area (Å²) in [7, 11) is 0. The van der Waals surface area contributed by atoms with Gasteiger partial charge < -0.3 is 10.0 Å². The van der Waals surface area contributed by atoms with E-state index in [1.807, 2.05) is 6.07 Å². The molecule has 1 aliphatic rings. The molecular weight excluding hydrogens is 226 g/mol. The Hall–Kier alpha value is -1.51. The molecule has 98 valence electrons. The van der Waals surface area contributed by atoms with E-state index in [9.17, 15) is 4.79 Å². The van der Waals surface area contributed by atoms with E-state index in [1.165, 1.54) is 11.3 Å². The third kappa shape index (κ3) is 2.09. The van der Waals surface area contributed by atoms with Crippen molar-refractivity contribution in [1.82, 2.24) is 0 Å². The zero-order valence-corrected chi connectivity index (χ0v) is 11.5. The van der Waals surface area contributed by atoms with Crippen molar-refractivity contribution in [3.05, 3.63) is 29.3 Å². The minimum absolute atomic E-state index is 0.444. The van der Waals surface area contributed by atoms with Crippen LogP contribution in [0.3, 0.4) is 0 Å². The van der Waals surface area contributed by atoms with E-state index < -0.39 is 11.9 Å². The second-order valence-electron chi connectivity index (χ2n) is 5.53. The number of rotatable bonds is 3. The molecule has 3 nitrogen and oxygen atoms in total. The van der Waals surface area contributed by atoms with Crippen LogP contribution in [0.2, 0.25) is 0 Å². The third-order valence-electron chi connectivity index (χ3n) is 3.86. The van der Waals surface area contributed by atoms with Crippen molar-refractivity contribution in [2.24, 2.45) is 0 Å². The van der Waals surface area contributed by atoms with Crippen molar-refractivity contribution in [1.29, 1.82) is 0 Å². The fraction of sp³-hybridized carbons (Fsp3) is 0.533. The molecule has 1 N–H and O–H groups in total. The molecule has 0 aliphatic carbocycles. The summed E-state index contributed by atoms with van der Waals surface area (Å²) in [5, 5.41) is 9.10. The first kappa shape index (κ1) is 12.9. The van der Waals surface area contributed by atoms with Crippen molar-refractivity contribution >= 4 is 11.7 Å². The average molecular weight is 247 g/mol. The summed E-state index contributed by atoms with van der Waals surface area (Å²) in [6, 6.07) is 6.55. The van der Waals surface area contributed by atoms with Gasteiger partial charge >= 0.3 is 5.97 Å². The predicted molar refractivity (Wildman–Crippen MR) is 73.4 cm³/mol. The monoisotopic (exact) mass is 247 g/mol. The van der Waals surface area contributed by atoms with E-state index in [0.717, 1.165) is 12.1 Å². The second-order valence-corrected chi connectivity index (χ2v) is 5.53. The summed E-state index contributed by atoms with van der Waals surface area (Å²) in [5.74, 6) is -0.686. The fourth-order valence-corrected chi connectivity index (χ4v) is 2.62. The molecule has 3 heteroatoms. The van der Waals surface area contributed by atoms with Gasteiger partial charge in [-0.3, -0.25) is 4.79 Å². The highest BCUT2D eigenvalue weighted by Crippen LogP contribution is 2.38. The topological polar surface area (TPSA) is 40.5 Å². The Labute approximate surface area is 108 Å². The van der Waals surface area contributed by atoms with Gasteiger partial charge in [0, 0.05) is 24.2 Å². The highest BCUT2D eigenvalue weighted by atomic mass is 16.4. The number of fused-ring (bicyclic) bond motifs is 1. The Morgan fingerprint density at radius 3 is 2.61 bits per heavy atom. The lowest BCUT2D eigenvalue weighted by Crippen LogP contribution is -2.29. The van der Waals surface area contributed by atoms with Gasteiger partial charge in [0.25, 0.3) is 0 Å². The lowest BCUT2D eigenvalue weighted by molar-refractivity contribution is -0.138. The maximum absolute atomic E-state index is 11.1. The minimum Gasteiger partial charge on any atom is -0.481 e. The number of anilines is 1. The zero-order chi connectivity index (χ0) is 13.4. The first-order valence-corrected chi connectivity index (χ1v) is 6.55. The van der Waals surface area contributed by atoms with Gasteiger partial charge in [0.15, 0.2) is 0 Å². The Morgan fingerprint density at radius 2 is 2.06 bits per heavy atom. The maximum Gasteiger partial charge on any atom is 0.310 e. The summed E-state index contributed by atoms with van der Waals surface area (Å²) in [6.45, 7) is 9.34. The molecule has 0 saturated heterocycles. The lowest BCUT2D eigenvalue weighted by Gasteiger charge is -2.25. The number of carboxylic acid groups (broad SMARTS) is 1. The van der Waals surface area contributed by atoms with Gasteiger partial charge in [-0.1, -0.05) is 19.1 Å². The van der Waals surface area contributed by atoms with Gasteiger partial charge in [-0.05, 0) is 38.0 Å². The quantitative estimate of drug-likeness (QED) is 0.891. The van der Waals surface area contributed by atoms with Crippen molar-refractivity contribution < 1.29 is 9.90 Å². The van der Waals surface area contributed by atoms with Gasteiger partial charge in [0.1, 0.15) is 0 Å². The van der Waals surface area contributed by atoms with E-state index in [-0.39, 0.29) is 0 Å². The van der Waals surface area contributed by atoms with E-state index in [0.29, 0.717) is 12.0 Å². The zero-order valence-electron chi connectivity index (χ0n) is 11.5. The summed E-state index contributed by atoms with van der Waals surface area (Å²) >= 11 is 0. The molecule has 0 radical (unpaired) electrons. The van der Waals surface area contributed by atoms with E-state index in [2.05, 4.69) is 37.8 Å². The molecule has 1 aliphatic heterocycles. The van der Waals surface area contributed by atoms with Crippen LogP contribution >= 0.6 is 0 Å². The molecule has 1 aromatic rings.